The zero-order chi connectivity index (χ0) is 56.6. The van der Waals surface area contributed by atoms with E-state index in [2.05, 4.69) is 41.5 Å². The van der Waals surface area contributed by atoms with Gasteiger partial charge in [0.25, 0.3) is 0 Å². The van der Waals surface area contributed by atoms with Crippen molar-refractivity contribution in [3.63, 3.8) is 0 Å². The molecule has 0 saturated carbocycles. The Bertz CT molecular complexity index is 1520. The fraction of sp³-hybridized carbons (Fsp3) is 0.930. The van der Waals surface area contributed by atoms with E-state index in [0.717, 1.165) is 121 Å². The number of unbranched alkanes of at least 4 members (excludes halogenated alkanes) is 24. The number of carbonyl (C=O) groups excluding carboxylic acids is 4. The van der Waals surface area contributed by atoms with E-state index < -0.39 is 97.5 Å². The third kappa shape index (κ3) is 49.1. The number of phosphoric acid groups is 2. The quantitative estimate of drug-likeness (QED) is 0.0222. The first-order valence-corrected chi connectivity index (χ1v) is 33.1. The molecule has 0 radical (unpaired) electrons. The summed E-state index contributed by atoms with van der Waals surface area (Å²) in [6.07, 6.45) is 29.5. The van der Waals surface area contributed by atoms with Crippen LogP contribution in [-0.4, -0.2) is 96.7 Å². The van der Waals surface area contributed by atoms with E-state index in [-0.39, 0.29) is 25.7 Å². The summed E-state index contributed by atoms with van der Waals surface area (Å²) >= 11 is 0. The lowest BCUT2D eigenvalue weighted by atomic mass is 10.00. The molecule has 0 rings (SSSR count). The molecule has 0 saturated heterocycles. The van der Waals surface area contributed by atoms with E-state index in [1.165, 1.54) is 70.6 Å². The molecule has 0 aliphatic rings. The first kappa shape index (κ1) is 74.1. The highest BCUT2D eigenvalue weighted by molar-refractivity contribution is 7.47. The number of hydrogen-bond acceptors (Lipinski definition) is 15. The molecule has 0 fully saturated rings. The molecule has 17 nitrogen and oxygen atoms in total. The van der Waals surface area contributed by atoms with Crippen LogP contribution in [-0.2, 0) is 65.4 Å². The number of carbonyl (C=O) groups is 4. The molecule has 19 heteroatoms. The molecule has 0 amide bonds. The van der Waals surface area contributed by atoms with Crippen LogP contribution in [0.1, 0.15) is 273 Å². The second-order valence-electron chi connectivity index (χ2n) is 21.2. The Hall–Kier alpha value is -1.94. The Labute approximate surface area is 460 Å². The lowest BCUT2D eigenvalue weighted by molar-refractivity contribution is -0.161. The molecular weight excluding hydrogens is 1020 g/mol. The Morgan fingerprint density at radius 1 is 0.368 bits per heavy atom. The van der Waals surface area contributed by atoms with Gasteiger partial charge in [-0.1, -0.05) is 221 Å². The maximum absolute atomic E-state index is 12.9. The summed E-state index contributed by atoms with van der Waals surface area (Å²) in [5.41, 5.74) is 0. The van der Waals surface area contributed by atoms with Gasteiger partial charge in [0, 0.05) is 25.7 Å². The molecule has 450 valence electrons. The zero-order valence-electron chi connectivity index (χ0n) is 48.5. The fourth-order valence-electron chi connectivity index (χ4n) is 8.23. The maximum Gasteiger partial charge on any atom is 0.472 e. The van der Waals surface area contributed by atoms with Crippen molar-refractivity contribution >= 4 is 39.5 Å². The van der Waals surface area contributed by atoms with Crippen molar-refractivity contribution in [3.8, 4) is 0 Å². The van der Waals surface area contributed by atoms with Crippen molar-refractivity contribution < 1.29 is 80.2 Å². The van der Waals surface area contributed by atoms with Gasteiger partial charge in [-0.05, 0) is 37.5 Å². The van der Waals surface area contributed by atoms with Crippen LogP contribution in [0, 0.1) is 11.8 Å². The van der Waals surface area contributed by atoms with Gasteiger partial charge in [-0.15, -0.1) is 0 Å². The van der Waals surface area contributed by atoms with Crippen molar-refractivity contribution in [2.75, 3.05) is 39.6 Å². The Morgan fingerprint density at radius 2 is 0.632 bits per heavy atom. The van der Waals surface area contributed by atoms with E-state index >= 15 is 0 Å². The lowest BCUT2D eigenvalue weighted by Gasteiger charge is -2.21. The molecule has 76 heavy (non-hydrogen) atoms. The third-order valence-corrected chi connectivity index (χ3v) is 15.6. The molecule has 0 aromatic rings. The lowest BCUT2D eigenvalue weighted by Crippen LogP contribution is -2.30. The normalized spacial score (nSPS) is 15.2. The predicted molar refractivity (Wildman–Crippen MR) is 298 cm³/mol. The summed E-state index contributed by atoms with van der Waals surface area (Å²) in [6, 6.07) is 0. The van der Waals surface area contributed by atoms with Crippen molar-refractivity contribution in [2.24, 2.45) is 11.8 Å². The number of rotatable bonds is 56. The summed E-state index contributed by atoms with van der Waals surface area (Å²) in [6.45, 7) is 9.29. The van der Waals surface area contributed by atoms with Gasteiger partial charge < -0.3 is 33.8 Å². The SMILES string of the molecule is CCCCCCCCCCC(=O)OC[C@H](COP(=O)(O)OC[C@H](O)COP(=O)(O)OC[C@@H](COC(=O)CCCCCCCCC(C)CC)OC(=O)CCCCCCCCC(C)CC)OC(=O)CCCCCCCCCC. The number of hydrogen-bond donors (Lipinski definition) is 3. The molecule has 7 atom stereocenters. The number of aliphatic hydroxyl groups excluding tert-OH is 1. The van der Waals surface area contributed by atoms with Crippen molar-refractivity contribution in [2.45, 2.75) is 291 Å². The average molecular weight is 1130 g/mol. The number of phosphoric ester groups is 2. The highest BCUT2D eigenvalue weighted by Gasteiger charge is 2.30. The summed E-state index contributed by atoms with van der Waals surface area (Å²) in [7, 11) is -9.87. The predicted octanol–water partition coefficient (Wildman–Crippen LogP) is 14.9. The molecule has 3 N–H and O–H groups in total. The Morgan fingerprint density at radius 3 is 0.934 bits per heavy atom. The van der Waals surface area contributed by atoms with Crippen LogP contribution < -0.4 is 0 Å². The van der Waals surface area contributed by atoms with Crippen LogP contribution >= 0.6 is 15.6 Å². The summed E-state index contributed by atoms with van der Waals surface area (Å²) in [5.74, 6) is -0.701. The molecule has 4 unspecified atom stereocenters. The molecule has 0 aliphatic heterocycles. The third-order valence-electron chi connectivity index (χ3n) is 13.7. The number of esters is 4. The molecule has 0 spiro atoms. The van der Waals surface area contributed by atoms with Crippen molar-refractivity contribution in [1.82, 2.24) is 0 Å². The van der Waals surface area contributed by atoms with E-state index in [9.17, 15) is 43.2 Å². The second kappa shape index (κ2) is 50.1. The van der Waals surface area contributed by atoms with Crippen LogP contribution in [0.25, 0.3) is 0 Å². The Balaban J connectivity index is 5.23. The smallest absolute Gasteiger partial charge is 0.462 e. The van der Waals surface area contributed by atoms with Gasteiger partial charge in [-0.3, -0.25) is 37.3 Å². The van der Waals surface area contributed by atoms with E-state index in [1.807, 2.05) is 0 Å². The summed E-state index contributed by atoms with van der Waals surface area (Å²) in [4.78, 5) is 71.7. The molecular formula is C57H110O17P2. The zero-order valence-corrected chi connectivity index (χ0v) is 50.3. The average Bonchev–Trinajstić information content (AvgIpc) is 3.39. The summed E-state index contributed by atoms with van der Waals surface area (Å²) in [5, 5.41) is 10.5. The maximum atomic E-state index is 12.9. The summed E-state index contributed by atoms with van der Waals surface area (Å²) < 4.78 is 67.5. The van der Waals surface area contributed by atoms with Crippen LogP contribution in [0.3, 0.4) is 0 Å². The molecule has 0 bridgehead atoms. The van der Waals surface area contributed by atoms with E-state index in [4.69, 9.17) is 37.0 Å². The fourth-order valence-corrected chi connectivity index (χ4v) is 9.81. The van der Waals surface area contributed by atoms with Crippen LogP contribution in [0.5, 0.6) is 0 Å². The van der Waals surface area contributed by atoms with Gasteiger partial charge in [0.1, 0.15) is 19.3 Å². The minimum Gasteiger partial charge on any atom is -0.462 e. The van der Waals surface area contributed by atoms with Gasteiger partial charge >= 0.3 is 39.5 Å². The van der Waals surface area contributed by atoms with E-state index in [0.29, 0.717) is 25.7 Å². The van der Waals surface area contributed by atoms with Gasteiger partial charge in [-0.2, -0.15) is 0 Å². The van der Waals surface area contributed by atoms with E-state index in [1.54, 1.807) is 0 Å². The standard InChI is InChI=1S/C57H110O17P2/c1-7-11-13-15-17-19-27-33-39-54(59)67-45-52(73-56(61)41-35-29-20-18-16-14-12-8-2)47-71-75(63,64)69-43-51(58)44-70-76(65,66)72-48-53(74-57(62)42-36-30-24-22-26-32-38-50(6)10-4)46-68-55(60)40-34-28-23-21-25-31-37-49(5)9-3/h49-53,58H,7-48H2,1-6H3,(H,63,64)(H,65,66)/t49?,50?,51-,52+,53+/m0/s1. The number of aliphatic hydroxyl groups is 1. The first-order valence-electron chi connectivity index (χ1n) is 30.1. The van der Waals surface area contributed by atoms with Crippen LogP contribution in [0.4, 0.5) is 0 Å². The molecule has 0 aliphatic carbocycles. The topological polar surface area (TPSA) is 237 Å². The van der Waals surface area contributed by atoms with Gasteiger partial charge in [0.05, 0.1) is 26.4 Å². The van der Waals surface area contributed by atoms with Gasteiger partial charge in [-0.25, -0.2) is 9.13 Å². The Kier molecular flexibility index (Phi) is 48.8. The molecule has 0 aromatic heterocycles. The van der Waals surface area contributed by atoms with Crippen molar-refractivity contribution in [1.29, 1.82) is 0 Å². The van der Waals surface area contributed by atoms with Crippen molar-refractivity contribution in [3.05, 3.63) is 0 Å². The minimum absolute atomic E-state index is 0.102. The van der Waals surface area contributed by atoms with Gasteiger partial charge in [0.2, 0.25) is 0 Å². The molecule has 0 aromatic carbocycles. The highest BCUT2D eigenvalue weighted by Crippen LogP contribution is 2.45. The monoisotopic (exact) mass is 1130 g/mol. The minimum atomic E-state index is -4.94. The second-order valence-corrected chi connectivity index (χ2v) is 24.1. The van der Waals surface area contributed by atoms with Gasteiger partial charge in [0.15, 0.2) is 12.2 Å². The van der Waals surface area contributed by atoms with Crippen LogP contribution in [0.2, 0.25) is 0 Å². The largest absolute Gasteiger partial charge is 0.472 e. The molecule has 0 heterocycles. The number of ether oxygens (including phenoxy) is 4. The van der Waals surface area contributed by atoms with Crippen LogP contribution in [0.15, 0.2) is 0 Å². The highest BCUT2D eigenvalue weighted by atomic mass is 31.2. The first-order chi connectivity index (χ1) is 36.4.